The summed E-state index contributed by atoms with van der Waals surface area (Å²) in [4.78, 5) is 8.51. The van der Waals surface area contributed by atoms with Gasteiger partial charge in [-0.1, -0.05) is 6.07 Å². The number of aliphatic hydroxyl groups is 1. The highest BCUT2D eigenvalue weighted by atomic mass is 32.1. The van der Waals surface area contributed by atoms with Crippen molar-refractivity contribution in [1.29, 1.82) is 0 Å². The van der Waals surface area contributed by atoms with Crippen molar-refractivity contribution in [2.24, 2.45) is 4.99 Å². The lowest BCUT2D eigenvalue weighted by Gasteiger charge is -2.28. The molecule has 1 aliphatic heterocycles. The van der Waals surface area contributed by atoms with E-state index < -0.39 is 5.60 Å². The Hall–Kier alpha value is -1.83. The maximum absolute atomic E-state index is 10.6. The summed E-state index contributed by atoms with van der Waals surface area (Å²) < 4.78 is 5.34. The van der Waals surface area contributed by atoms with Gasteiger partial charge in [-0.3, -0.25) is 4.90 Å². The van der Waals surface area contributed by atoms with Gasteiger partial charge in [-0.25, -0.2) is 4.99 Å². The molecular formula is C20H30N4O2S. The molecule has 2 unspecified atom stereocenters. The van der Waals surface area contributed by atoms with Gasteiger partial charge in [0.05, 0.1) is 18.8 Å². The van der Waals surface area contributed by atoms with Gasteiger partial charge >= 0.3 is 0 Å². The number of likely N-dealkylation sites (tertiary alicyclic amines) is 1. The molecule has 7 heteroatoms. The number of nitrogens with one attached hydrogen (secondary N) is 2. The maximum Gasteiger partial charge on any atom is 0.191 e. The summed E-state index contributed by atoms with van der Waals surface area (Å²) in [6, 6.07) is 8.22. The van der Waals surface area contributed by atoms with Crippen molar-refractivity contribution in [3.8, 4) is 0 Å². The van der Waals surface area contributed by atoms with Crippen molar-refractivity contribution in [2.45, 2.75) is 38.3 Å². The van der Waals surface area contributed by atoms with Crippen LogP contribution in [0.5, 0.6) is 0 Å². The van der Waals surface area contributed by atoms with Crippen LogP contribution in [-0.4, -0.2) is 48.7 Å². The number of furan rings is 1. The van der Waals surface area contributed by atoms with Crippen molar-refractivity contribution in [3.63, 3.8) is 0 Å². The van der Waals surface area contributed by atoms with E-state index in [1.54, 1.807) is 36.7 Å². The molecular weight excluding hydrogens is 360 g/mol. The van der Waals surface area contributed by atoms with Crippen LogP contribution in [0.2, 0.25) is 0 Å². The van der Waals surface area contributed by atoms with Gasteiger partial charge in [0.25, 0.3) is 0 Å². The highest BCUT2D eigenvalue weighted by molar-refractivity contribution is 7.10. The summed E-state index contributed by atoms with van der Waals surface area (Å²) in [5.74, 6) is 1.24. The molecule has 0 aliphatic carbocycles. The maximum atomic E-state index is 10.6. The van der Waals surface area contributed by atoms with Crippen LogP contribution in [0.4, 0.5) is 0 Å². The van der Waals surface area contributed by atoms with E-state index in [4.69, 9.17) is 4.42 Å². The summed E-state index contributed by atoms with van der Waals surface area (Å²) in [7, 11) is 0. The molecule has 2 aromatic heterocycles. The van der Waals surface area contributed by atoms with Crippen LogP contribution < -0.4 is 10.6 Å². The van der Waals surface area contributed by atoms with Gasteiger partial charge in [-0.2, -0.15) is 0 Å². The standard InChI is InChI=1S/C20H30N4O2S/c1-3-21-19(23-15-20(2,25)18-9-6-12-26-18)22-14-16(17-8-7-13-27-17)24-10-4-5-11-24/h6-9,12-13,16,25H,3-5,10-11,14-15H2,1-2H3,(H2,21,22,23). The van der Waals surface area contributed by atoms with Crippen molar-refractivity contribution < 1.29 is 9.52 Å². The van der Waals surface area contributed by atoms with Crippen molar-refractivity contribution in [2.75, 3.05) is 32.7 Å². The number of hydrogen-bond donors (Lipinski definition) is 3. The second kappa shape index (κ2) is 9.39. The molecule has 148 valence electrons. The van der Waals surface area contributed by atoms with Crippen LogP contribution in [0.1, 0.15) is 43.4 Å². The van der Waals surface area contributed by atoms with Gasteiger partial charge < -0.3 is 20.2 Å². The van der Waals surface area contributed by atoms with E-state index in [2.05, 4.69) is 38.0 Å². The highest BCUT2D eigenvalue weighted by Crippen LogP contribution is 2.28. The fourth-order valence-corrected chi connectivity index (χ4v) is 4.24. The Morgan fingerprint density at radius 2 is 2.15 bits per heavy atom. The number of aliphatic imine (C=N–C) groups is 1. The molecule has 6 nitrogen and oxygen atoms in total. The van der Waals surface area contributed by atoms with E-state index in [-0.39, 0.29) is 6.54 Å². The topological polar surface area (TPSA) is 73.0 Å². The Labute approximate surface area is 165 Å². The smallest absolute Gasteiger partial charge is 0.191 e. The summed E-state index contributed by atoms with van der Waals surface area (Å²) >= 11 is 1.80. The molecule has 0 radical (unpaired) electrons. The van der Waals surface area contributed by atoms with Crippen LogP contribution >= 0.6 is 11.3 Å². The lowest BCUT2D eigenvalue weighted by atomic mass is 10.0. The third-order valence-corrected chi connectivity index (χ3v) is 5.83. The predicted molar refractivity (Wildman–Crippen MR) is 110 cm³/mol. The molecule has 2 atom stereocenters. The summed E-state index contributed by atoms with van der Waals surface area (Å²) in [5, 5.41) is 19.5. The zero-order chi connectivity index (χ0) is 19.1. The first-order valence-corrected chi connectivity index (χ1v) is 10.5. The fourth-order valence-electron chi connectivity index (χ4n) is 3.37. The Morgan fingerprint density at radius 3 is 2.78 bits per heavy atom. The van der Waals surface area contributed by atoms with E-state index in [1.807, 2.05) is 6.92 Å². The number of guanidine groups is 1. The molecule has 27 heavy (non-hydrogen) atoms. The lowest BCUT2D eigenvalue weighted by molar-refractivity contribution is 0.0437. The number of hydrogen-bond acceptors (Lipinski definition) is 5. The third kappa shape index (κ3) is 5.34. The molecule has 3 heterocycles. The van der Waals surface area contributed by atoms with Crippen molar-refractivity contribution in [3.05, 3.63) is 46.5 Å². The van der Waals surface area contributed by atoms with Crippen LogP contribution in [0.15, 0.2) is 45.3 Å². The van der Waals surface area contributed by atoms with E-state index in [0.29, 0.717) is 17.8 Å². The zero-order valence-electron chi connectivity index (χ0n) is 16.1. The van der Waals surface area contributed by atoms with E-state index in [0.717, 1.165) is 26.2 Å². The molecule has 1 aliphatic rings. The molecule has 1 fully saturated rings. The monoisotopic (exact) mass is 390 g/mol. The second-order valence-electron chi connectivity index (χ2n) is 7.10. The van der Waals surface area contributed by atoms with E-state index >= 15 is 0 Å². The molecule has 0 amide bonds. The Bertz CT molecular complexity index is 692. The largest absolute Gasteiger partial charge is 0.466 e. The first-order chi connectivity index (χ1) is 13.1. The number of nitrogens with zero attached hydrogens (tertiary/aromatic N) is 2. The molecule has 0 saturated carbocycles. The summed E-state index contributed by atoms with van der Waals surface area (Å²) in [6.07, 6.45) is 4.10. The average Bonchev–Trinajstić information content (AvgIpc) is 3.43. The van der Waals surface area contributed by atoms with Gasteiger partial charge in [0.1, 0.15) is 11.4 Å². The van der Waals surface area contributed by atoms with Crippen LogP contribution in [0.3, 0.4) is 0 Å². The molecule has 2 aromatic rings. The van der Waals surface area contributed by atoms with Crippen LogP contribution in [0.25, 0.3) is 0 Å². The highest BCUT2D eigenvalue weighted by Gasteiger charge is 2.27. The quantitative estimate of drug-likeness (QED) is 0.477. The van der Waals surface area contributed by atoms with Crippen LogP contribution in [-0.2, 0) is 5.60 Å². The van der Waals surface area contributed by atoms with Gasteiger partial charge in [0, 0.05) is 18.0 Å². The summed E-state index contributed by atoms with van der Waals surface area (Å²) in [5.41, 5.74) is -1.13. The molecule has 0 spiro atoms. The molecule has 1 saturated heterocycles. The predicted octanol–water partition coefficient (Wildman–Crippen LogP) is 2.94. The fraction of sp³-hybridized carbons (Fsp3) is 0.550. The van der Waals surface area contributed by atoms with Crippen molar-refractivity contribution in [1.82, 2.24) is 15.5 Å². The van der Waals surface area contributed by atoms with Gasteiger partial charge in [-0.05, 0) is 63.4 Å². The SMILES string of the molecule is CCNC(=NCC(C)(O)c1ccco1)NCC(c1cccs1)N1CCCC1. The third-order valence-electron chi connectivity index (χ3n) is 4.86. The Morgan fingerprint density at radius 1 is 1.33 bits per heavy atom. The number of thiophene rings is 1. The van der Waals surface area contributed by atoms with Crippen molar-refractivity contribution >= 4 is 17.3 Å². The minimum atomic E-state index is -1.13. The Kier molecular flexibility index (Phi) is 6.93. The molecule has 0 aromatic carbocycles. The second-order valence-corrected chi connectivity index (χ2v) is 8.08. The molecule has 3 rings (SSSR count). The van der Waals surface area contributed by atoms with E-state index in [9.17, 15) is 5.11 Å². The summed E-state index contributed by atoms with van der Waals surface area (Å²) in [6.45, 7) is 7.83. The molecule has 0 bridgehead atoms. The zero-order valence-corrected chi connectivity index (χ0v) is 17.0. The van der Waals surface area contributed by atoms with Gasteiger partial charge in [-0.15, -0.1) is 11.3 Å². The number of rotatable bonds is 8. The Balaban J connectivity index is 1.65. The van der Waals surface area contributed by atoms with Crippen LogP contribution in [0, 0.1) is 0 Å². The van der Waals surface area contributed by atoms with Gasteiger partial charge in [0.2, 0.25) is 0 Å². The van der Waals surface area contributed by atoms with E-state index in [1.165, 1.54) is 17.7 Å². The molecule has 3 N–H and O–H groups in total. The minimum absolute atomic E-state index is 0.225. The first-order valence-electron chi connectivity index (χ1n) is 9.66. The minimum Gasteiger partial charge on any atom is -0.466 e. The average molecular weight is 391 g/mol. The van der Waals surface area contributed by atoms with Gasteiger partial charge in [0.15, 0.2) is 5.96 Å². The normalized spacial score (nSPS) is 19.0. The lowest BCUT2D eigenvalue weighted by Crippen LogP contribution is -2.43. The first kappa shape index (κ1) is 19.9.